The minimum atomic E-state index is -0.556. The van der Waals surface area contributed by atoms with Crippen molar-refractivity contribution < 1.29 is 14.3 Å². The Hall–Kier alpha value is -1.46. The van der Waals surface area contributed by atoms with Gasteiger partial charge in [0.2, 0.25) is 5.91 Å². The lowest BCUT2D eigenvalue weighted by molar-refractivity contribution is -0.117. The van der Waals surface area contributed by atoms with Gasteiger partial charge in [0, 0.05) is 12.1 Å². The minimum Gasteiger partial charge on any atom is -0.486 e. The van der Waals surface area contributed by atoms with Crippen LogP contribution >= 0.6 is 11.6 Å². The molecule has 0 aliphatic carbocycles. The Kier molecular flexibility index (Phi) is 4.73. The van der Waals surface area contributed by atoms with E-state index >= 15 is 0 Å². The molecule has 110 valence electrons. The van der Waals surface area contributed by atoms with Crippen molar-refractivity contribution >= 4 is 23.2 Å². The van der Waals surface area contributed by atoms with Crippen LogP contribution in [0.3, 0.4) is 0 Å². The SMILES string of the molecule is CC(C)CC(N)C(=O)Nc1cc2c(cc1Cl)OCCO2. The van der Waals surface area contributed by atoms with Gasteiger partial charge >= 0.3 is 0 Å². The highest BCUT2D eigenvalue weighted by molar-refractivity contribution is 6.34. The molecule has 3 N–H and O–H groups in total. The van der Waals surface area contributed by atoms with Crippen LogP contribution in [0.2, 0.25) is 5.02 Å². The number of rotatable bonds is 4. The number of nitrogens with two attached hydrogens (primary N) is 1. The summed E-state index contributed by atoms with van der Waals surface area (Å²) in [5.74, 6) is 1.27. The first-order valence-corrected chi connectivity index (χ1v) is 7.00. The van der Waals surface area contributed by atoms with Gasteiger partial charge in [0.1, 0.15) is 13.2 Å². The topological polar surface area (TPSA) is 73.6 Å². The predicted molar refractivity (Wildman–Crippen MR) is 78.5 cm³/mol. The third-order valence-electron chi connectivity index (χ3n) is 2.95. The smallest absolute Gasteiger partial charge is 0.241 e. The van der Waals surface area contributed by atoms with Crippen molar-refractivity contribution in [2.75, 3.05) is 18.5 Å². The van der Waals surface area contributed by atoms with E-state index in [1.807, 2.05) is 13.8 Å². The van der Waals surface area contributed by atoms with E-state index in [4.69, 9.17) is 26.8 Å². The first kappa shape index (κ1) is 14.9. The van der Waals surface area contributed by atoms with Crippen LogP contribution in [-0.2, 0) is 4.79 Å². The molecule has 0 aromatic heterocycles. The first-order chi connectivity index (χ1) is 9.47. The minimum absolute atomic E-state index is 0.253. The maximum absolute atomic E-state index is 12.0. The molecule has 0 spiro atoms. The average Bonchev–Trinajstić information content (AvgIpc) is 2.38. The first-order valence-electron chi connectivity index (χ1n) is 6.63. The summed E-state index contributed by atoms with van der Waals surface area (Å²) in [7, 11) is 0. The Morgan fingerprint density at radius 2 is 1.95 bits per heavy atom. The molecule has 20 heavy (non-hydrogen) atoms. The number of carbonyl (C=O) groups excluding carboxylic acids is 1. The number of hydrogen-bond donors (Lipinski definition) is 2. The number of ether oxygens (including phenoxy) is 2. The third kappa shape index (κ3) is 3.55. The molecule has 0 fully saturated rings. The van der Waals surface area contributed by atoms with Crippen LogP contribution in [0.15, 0.2) is 12.1 Å². The molecule has 1 heterocycles. The highest BCUT2D eigenvalue weighted by Gasteiger charge is 2.19. The van der Waals surface area contributed by atoms with Crippen molar-refractivity contribution in [2.24, 2.45) is 11.7 Å². The van der Waals surface area contributed by atoms with Crippen LogP contribution < -0.4 is 20.5 Å². The number of anilines is 1. The number of benzene rings is 1. The zero-order valence-electron chi connectivity index (χ0n) is 11.6. The predicted octanol–water partition coefficient (Wildman–Crippen LogP) is 2.42. The Labute approximate surface area is 123 Å². The van der Waals surface area contributed by atoms with Gasteiger partial charge in [0.15, 0.2) is 11.5 Å². The molecule has 1 aliphatic rings. The number of carbonyl (C=O) groups is 1. The van der Waals surface area contributed by atoms with Gasteiger partial charge in [0.05, 0.1) is 16.8 Å². The third-order valence-corrected chi connectivity index (χ3v) is 3.26. The van der Waals surface area contributed by atoms with Gasteiger partial charge in [-0.3, -0.25) is 4.79 Å². The fraction of sp³-hybridized carbons (Fsp3) is 0.500. The van der Waals surface area contributed by atoms with Crippen molar-refractivity contribution in [1.29, 1.82) is 0 Å². The van der Waals surface area contributed by atoms with E-state index in [2.05, 4.69) is 5.32 Å². The molecule has 1 atom stereocenters. The molecule has 1 aromatic carbocycles. The zero-order valence-corrected chi connectivity index (χ0v) is 12.4. The summed E-state index contributed by atoms with van der Waals surface area (Å²) in [6.45, 7) is 5.01. The standard InChI is InChI=1S/C14H19ClN2O3/c1-8(2)5-10(16)14(18)17-11-7-13-12(6-9(11)15)19-3-4-20-13/h6-8,10H,3-5,16H2,1-2H3,(H,17,18). The fourth-order valence-electron chi connectivity index (χ4n) is 2.00. The van der Waals surface area contributed by atoms with Gasteiger partial charge in [0.25, 0.3) is 0 Å². The molecule has 1 unspecified atom stereocenters. The van der Waals surface area contributed by atoms with Crippen molar-refractivity contribution in [1.82, 2.24) is 0 Å². The molecule has 2 rings (SSSR count). The van der Waals surface area contributed by atoms with Gasteiger partial charge in [-0.25, -0.2) is 0 Å². The summed E-state index contributed by atoms with van der Waals surface area (Å²) in [4.78, 5) is 12.0. The quantitative estimate of drug-likeness (QED) is 0.895. The van der Waals surface area contributed by atoms with Gasteiger partial charge in [-0.05, 0) is 12.3 Å². The summed E-state index contributed by atoms with van der Waals surface area (Å²) in [5, 5.41) is 3.14. The normalized spacial score (nSPS) is 15.1. The van der Waals surface area contributed by atoms with Gasteiger partial charge in [-0.1, -0.05) is 25.4 Å². The molecule has 6 heteroatoms. The Balaban J connectivity index is 2.11. The van der Waals surface area contributed by atoms with Gasteiger partial charge < -0.3 is 20.5 Å². The van der Waals surface area contributed by atoms with E-state index in [1.165, 1.54) is 0 Å². The van der Waals surface area contributed by atoms with Crippen molar-refractivity contribution in [3.8, 4) is 11.5 Å². The zero-order chi connectivity index (χ0) is 14.7. The number of fused-ring (bicyclic) bond motifs is 1. The lowest BCUT2D eigenvalue weighted by atomic mass is 10.0. The second-order valence-electron chi connectivity index (χ2n) is 5.20. The molecule has 1 aliphatic heterocycles. The van der Waals surface area contributed by atoms with Gasteiger partial charge in [-0.15, -0.1) is 0 Å². The highest BCUT2D eigenvalue weighted by Crippen LogP contribution is 2.37. The largest absolute Gasteiger partial charge is 0.486 e. The molecular weight excluding hydrogens is 280 g/mol. The van der Waals surface area contributed by atoms with Crippen LogP contribution in [0.4, 0.5) is 5.69 Å². The van der Waals surface area contributed by atoms with Crippen LogP contribution in [0, 0.1) is 5.92 Å². The number of hydrogen-bond acceptors (Lipinski definition) is 4. The van der Waals surface area contributed by atoms with E-state index in [-0.39, 0.29) is 5.91 Å². The van der Waals surface area contributed by atoms with Gasteiger partial charge in [-0.2, -0.15) is 0 Å². The second-order valence-corrected chi connectivity index (χ2v) is 5.61. The monoisotopic (exact) mass is 298 g/mol. The van der Waals surface area contributed by atoms with E-state index in [9.17, 15) is 4.79 Å². The molecule has 1 amide bonds. The van der Waals surface area contributed by atoms with Crippen LogP contribution in [0.5, 0.6) is 11.5 Å². The van der Waals surface area contributed by atoms with E-state index < -0.39 is 6.04 Å². The molecular formula is C14H19ClN2O3. The van der Waals surface area contributed by atoms with E-state index in [0.29, 0.717) is 47.8 Å². The lowest BCUT2D eigenvalue weighted by Gasteiger charge is -2.20. The van der Waals surface area contributed by atoms with Crippen LogP contribution in [-0.4, -0.2) is 25.2 Å². The molecule has 0 bridgehead atoms. The summed E-state index contributed by atoms with van der Waals surface area (Å²) in [5.41, 5.74) is 6.33. The average molecular weight is 299 g/mol. The molecule has 1 aromatic rings. The van der Waals surface area contributed by atoms with Crippen molar-refractivity contribution in [3.05, 3.63) is 17.2 Å². The molecule has 0 saturated carbocycles. The number of amides is 1. The lowest BCUT2D eigenvalue weighted by Crippen LogP contribution is -2.36. The van der Waals surface area contributed by atoms with E-state index in [0.717, 1.165) is 0 Å². The Morgan fingerprint density at radius 1 is 1.35 bits per heavy atom. The molecule has 5 nitrogen and oxygen atoms in total. The fourth-order valence-corrected chi connectivity index (χ4v) is 2.20. The summed E-state index contributed by atoms with van der Waals surface area (Å²) in [6, 6.07) is 2.75. The van der Waals surface area contributed by atoms with Crippen molar-refractivity contribution in [2.45, 2.75) is 26.3 Å². The summed E-state index contributed by atoms with van der Waals surface area (Å²) >= 11 is 6.12. The second kappa shape index (κ2) is 6.33. The maximum atomic E-state index is 12.0. The van der Waals surface area contributed by atoms with E-state index in [1.54, 1.807) is 12.1 Å². The summed E-state index contributed by atoms with van der Waals surface area (Å²) < 4.78 is 10.9. The Bertz CT molecular complexity index is 505. The van der Waals surface area contributed by atoms with Crippen molar-refractivity contribution in [3.63, 3.8) is 0 Å². The summed E-state index contributed by atoms with van der Waals surface area (Å²) in [6.07, 6.45) is 0.619. The number of halogens is 1. The van der Waals surface area contributed by atoms with Crippen LogP contribution in [0.1, 0.15) is 20.3 Å². The Morgan fingerprint density at radius 3 is 2.55 bits per heavy atom. The van der Waals surface area contributed by atoms with Crippen LogP contribution in [0.25, 0.3) is 0 Å². The number of nitrogens with one attached hydrogen (secondary N) is 1. The molecule has 0 radical (unpaired) electrons. The highest BCUT2D eigenvalue weighted by atomic mass is 35.5. The maximum Gasteiger partial charge on any atom is 0.241 e. The molecule has 0 saturated heterocycles.